The molecule has 0 fully saturated rings. The normalized spacial score (nSPS) is 12.0. The van der Waals surface area contributed by atoms with Gasteiger partial charge in [0.2, 0.25) is 0 Å². The lowest BCUT2D eigenvalue weighted by molar-refractivity contribution is 0.200. The lowest BCUT2D eigenvalue weighted by atomic mass is 10.1. The SMILES string of the molecule is CCC(=Cc1ccc2ccccc2n1)CNCCOC. The highest BCUT2D eigenvalue weighted by Gasteiger charge is 1.99. The van der Waals surface area contributed by atoms with Gasteiger partial charge >= 0.3 is 0 Å². The molecule has 1 aromatic heterocycles. The van der Waals surface area contributed by atoms with E-state index in [1.165, 1.54) is 11.0 Å². The lowest BCUT2D eigenvalue weighted by Crippen LogP contribution is -2.21. The molecule has 0 aliphatic rings. The number of methoxy groups -OCH3 is 1. The zero-order valence-corrected chi connectivity index (χ0v) is 12.2. The molecule has 1 N–H and O–H groups in total. The zero-order valence-electron chi connectivity index (χ0n) is 12.2. The van der Waals surface area contributed by atoms with Crippen LogP contribution in [0.1, 0.15) is 19.0 Å². The summed E-state index contributed by atoms with van der Waals surface area (Å²) in [6, 6.07) is 12.4. The average Bonchev–Trinajstić information content (AvgIpc) is 2.50. The Balaban J connectivity index is 2.08. The Morgan fingerprint density at radius 2 is 2.10 bits per heavy atom. The van der Waals surface area contributed by atoms with Crippen molar-refractivity contribution in [3.63, 3.8) is 0 Å². The van der Waals surface area contributed by atoms with Crippen LogP contribution in [0, 0.1) is 0 Å². The van der Waals surface area contributed by atoms with Gasteiger partial charge in [0.05, 0.1) is 17.8 Å². The van der Waals surface area contributed by atoms with E-state index in [2.05, 4.69) is 47.6 Å². The van der Waals surface area contributed by atoms with Gasteiger partial charge in [-0.25, -0.2) is 4.98 Å². The monoisotopic (exact) mass is 270 g/mol. The zero-order chi connectivity index (χ0) is 14.2. The predicted molar refractivity (Wildman–Crippen MR) is 84.8 cm³/mol. The quantitative estimate of drug-likeness (QED) is 0.784. The Kier molecular flexibility index (Phi) is 5.71. The fourth-order valence-corrected chi connectivity index (χ4v) is 2.07. The number of hydrogen-bond donors (Lipinski definition) is 1. The molecule has 3 nitrogen and oxygen atoms in total. The van der Waals surface area contributed by atoms with Crippen LogP contribution < -0.4 is 5.32 Å². The van der Waals surface area contributed by atoms with Crippen LogP contribution in [0.25, 0.3) is 17.0 Å². The first-order valence-corrected chi connectivity index (χ1v) is 7.08. The van der Waals surface area contributed by atoms with Gasteiger partial charge in [0, 0.05) is 25.6 Å². The van der Waals surface area contributed by atoms with Gasteiger partial charge in [-0.2, -0.15) is 0 Å². The Morgan fingerprint density at radius 3 is 2.90 bits per heavy atom. The number of fused-ring (bicyclic) bond motifs is 1. The van der Waals surface area contributed by atoms with Crippen LogP contribution in [0.4, 0.5) is 0 Å². The van der Waals surface area contributed by atoms with E-state index in [0.717, 1.165) is 37.3 Å². The molecule has 0 spiro atoms. The molecule has 1 heterocycles. The third-order valence-corrected chi connectivity index (χ3v) is 3.26. The van der Waals surface area contributed by atoms with Crippen molar-refractivity contribution in [2.75, 3.05) is 26.8 Å². The predicted octanol–water partition coefficient (Wildman–Crippen LogP) is 3.26. The first kappa shape index (κ1) is 14.7. The summed E-state index contributed by atoms with van der Waals surface area (Å²) in [5, 5.41) is 4.56. The molecule has 0 amide bonds. The van der Waals surface area contributed by atoms with Crippen molar-refractivity contribution in [3.8, 4) is 0 Å². The van der Waals surface area contributed by atoms with Crippen molar-refractivity contribution in [3.05, 3.63) is 47.7 Å². The van der Waals surface area contributed by atoms with Crippen molar-refractivity contribution in [1.82, 2.24) is 10.3 Å². The second-order valence-corrected chi connectivity index (χ2v) is 4.75. The maximum Gasteiger partial charge on any atom is 0.0709 e. The van der Waals surface area contributed by atoms with E-state index in [1.807, 2.05) is 12.1 Å². The van der Waals surface area contributed by atoms with E-state index < -0.39 is 0 Å². The first-order chi connectivity index (χ1) is 9.83. The van der Waals surface area contributed by atoms with E-state index in [9.17, 15) is 0 Å². The van der Waals surface area contributed by atoms with Crippen LogP contribution in [0.5, 0.6) is 0 Å². The highest BCUT2D eigenvalue weighted by Crippen LogP contribution is 2.14. The minimum Gasteiger partial charge on any atom is -0.383 e. The lowest BCUT2D eigenvalue weighted by Gasteiger charge is -2.07. The number of nitrogens with one attached hydrogen (secondary N) is 1. The Labute approximate surface area is 120 Å². The Hall–Kier alpha value is -1.71. The molecule has 2 aromatic rings. The van der Waals surface area contributed by atoms with Gasteiger partial charge in [0.15, 0.2) is 0 Å². The van der Waals surface area contributed by atoms with Crippen LogP contribution in [0.3, 0.4) is 0 Å². The van der Waals surface area contributed by atoms with Crippen LogP contribution in [0.15, 0.2) is 42.0 Å². The third kappa shape index (κ3) is 4.15. The number of para-hydroxylation sites is 1. The largest absolute Gasteiger partial charge is 0.383 e. The van der Waals surface area contributed by atoms with E-state index in [4.69, 9.17) is 4.74 Å². The minimum atomic E-state index is 0.741. The van der Waals surface area contributed by atoms with Crippen molar-refractivity contribution in [2.24, 2.45) is 0 Å². The number of aromatic nitrogens is 1. The van der Waals surface area contributed by atoms with E-state index in [-0.39, 0.29) is 0 Å². The fraction of sp³-hybridized carbons (Fsp3) is 0.353. The van der Waals surface area contributed by atoms with Gasteiger partial charge in [0.1, 0.15) is 0 Å². The highest BCUT2D eigenvalue weighted by molar-refractivity contribution is 5.79. The molecular formula is C17H22N2O. The number of hydrogen-bond acceptors (Lipinski definition) is 3. The van der Waals surface area contributed by atoms with E-state index in [1.54, 1.807) is 7.11 Å². The second-order valence-electron chi connectivity index (χ2n) is 4.75. The van der Waals surface area contributed by atoms with Gasteiger partial charge in [-0.1, -0.05) is 36.8 Å². The third-order valence-electron chi connectivity index (χ3n) is 3.26. The minimum absolute atomic E-state index is 0.741. The van der Waals surface area contributed by atoms with Crippen LogP contribution in [-0.4, -0.2) is 31.8 Å². The molecule has 0 saturated carbocycles. The molecule has 106 valence electrons. The summed E-state index contributed by atoms with van der Waals surface area (Å²) < 4.78 is 5.03. The summed E-state index contributed by atoms with van der Waals surface area (Å²) >= 11 is 0. The second kappa shape index (κ2) is 7.78. The molecule has 0 bridgehead atoms. The Morgan fingerprint density at radius 1 is 1.25 bits per heavy atom. The van der Waals surface area contributed by atoms with Gasteiger partial charge in [0.25, 0.3) is 0 Å². The van der Waals surface area contributed by atoms with Crippen LogP contribution in [-0.2, 0) is 4.74 Å². The van der Waals surface area contributed by atoms with Gasteiger partial charge in [-0.05, 0) is 24.6 Å². The summed E-state index contributed by atoms with van der Waals surface area (Å²) in [5.41, 5.74) is 3.42. The van der Waals surface area contributed by atoms with Gasteiger partial charge in [-0.3, -0.25) is 0 Å². The molecule has 0 saturated heterocycles. The van der Waals surface area contributed by atoms with Gasteiger partial charge in [-0.15, -0.1) is 0 Å². The van der Waals surface area contributed by atoms with Crippen molar-refractivity contribution >= 4 is 17.0 Å². The summed E-state index contributed by atoms with van der Waals surface area (Å²) in [6.07, 6.45) is 3.20. The van der Waals surface area contributed by atoms with Crippen molar-refractivity contribution in [2.45, 2.75) is 13.3 Å². The molecule has 0 unspecified atom stereocenters. The molecule has 0 aliphatic carbocycles. The standard InChI is InChI=1S/C17H22N2O/c1-3-14(13-18-10-11-20-2)12-16-9-8-15-6-4-5-7-17(15)19-16/h4-9,12,18H,3,10-11,13H2,1-2H3. The average molecular weight is 270 g/mol. The summed E-state index contributed by atoms with van der Waals surface area (Å²) in [4.78, 5) is 4.68. The fourth-order valence-electron chi connectivity index (χ4n) is 2.07. The topological polar surface area (TPSA) is 34.2 Å². The first-order valence-electron chi connectivity index (χ1n) is 7.08. The number of rotatable bonds is 7. The smallest absolute Gasteiger partial charge is 0.0709 e. The summed E-state index contributed by atoms with van der Waals surface area (Å²) in [5.74, 6) is 0. The Bertz CT molecular complexity index is 578. The molecule has 1 aromatic carbocycles. The van der Waals surface area contributed by atoms with E-state index in [0.29, 0.717) is 0 Å². The van der Waals surface area contributed by atoms with Crippen LogP contribution in [0.2, 0.25) is 0 Å². The maximum absolute atomic E-state index is 5.03. The maximum atomic E-state index is 5.03. The molecular weight excluding hydrogens is 248 g/mol. The van der Waals surface area contributed by atoms with Gasteiger partial charge < -0.3 is 10.1 Å². The van der Waals surface area contributed by atoms with Crippen LogP contribution >= 0.6 is 0 Å². The molecule has 3 heteroatoms. The number of ether oxygens (including phenoxy) is 1. The molecule has 2 rings (SSSR count). The number of pyridine rings is 1. The van der Waals surface area contributed by atoms with E-state index >= 15 is 0 Å². The molecule has 0 atom stereocenters. The number of benzene rings is 1. The van der Waals surface area contributed by atoms with Crippen molar-refractivity contribution in [1.29, 1.82) is 0 Å². The van der Waals surface area contributed by atoms with Crippen molar-refractivity contribution < 1.29 is 4.74 Å². The summed E-state index contributed by atoms with van der Waals surface area (Å²) in [7, 11) is 1.72. The molecule has 0 aliphatic heterocycles. The highest BCUT2D eigenvalue weighted by atomic mass is 16.5. The number of nitrogens with zero attached hydrogens (tertiary/aromatic N) is 1. The summed E-state index contributed by atoms with van der Waals surface area (Å²) in [6.45, 7) is 4.67. The molecule has 20 heavy (non-hydrogen) atoms. The molecule has 0 radical (unpaired) electrons.